The number of ether oxygens (including phenoxy) is 1. The minimum atomic E-state index is 0.860. The molecule has 2 heteroatoms. The quantitative estimate of drug-likeness (QED) is 0.462. The lowest BCUT2D eigenvalue weighted by atomic mass is 10.0. The smallest absolute Gasteiger partial charge is 0.126 e. The number of hydrogen-bond acceptors (Lipinski definition) is 2. The highest BCUT2D eigenvalue weighted by Gasteiger charge is 2.06. The molecule has 0 aliphatic carbocycles. The van der Waals surface area contributed by atoms with Gasteiger partial charge in [0.1, 0.15) is 5.75 Å². The molecular formula is C22H17NO. The molecule has 4 aromatic rings. The molecule has 0 saturated heterocycles. The Labute approximate surface area is 141 Å². The zero-order valence-electron chi connectivity index (χ0n) is 13.4. The van der Waals surface area contributed by atoms with Crippen molar-refractivity contribution in [2.45, 2.75) is 0 Å². The topological polar surface area (TPSA) is 22.1 Å². The molecule has 0 amide bonds. The van der Waals surface area contributed by atoms with Crippen LogP contribution in [0.4, 0.5) is 0 Å². The number of nitrogens with zero attached hydrogens (tertiary/aromatic N) is 1. The van der Waals surface area contributed by atoms with Gasteiger partial charge in [-0.2, -0.15) is 0 Å². The van der Waals surface area contributed by atoms with Gasteiger partial charge in [-0.15, -0.1) is 0 Å². The highest BCUT2D eigenvalue weighted by Crippen LogP contribution is 2.28. The third kappa shape index (κ3) is 2.52. The second-order valence-corrected chi connectivity index (χ2v) is 5.64. The summed E-state index contributed by atoms with van der Waals surface area (Å²) in [5.74, 6) is 0.860. The summed E-state index contributed by atoms with van der Waals surface area (Å²) in [4.78, 5) is 4.85. The Bertz CT molecular complexity index is 1050. The number of hydrogen-bond donors (Lipinski definition) is 0. The van der Waals surface area contributed by atoms with Crippen molar-refractivity contribution in [3.63, 3.8) is 0 Å². The Morgan fingerprint density at radius 2 is 1.38 bits per heavy atom. The number of methoxy groups -OCH3 is 1. The monoisotopic (exact) mass is 311 g/mol. The van der Waals surface area contributed by atoms with Crippen LogP contribution in [0.15, 0.2) is 72.8 Å². The summed E-state index contributed by atoms with van der Waals surface area (Å²) in [6.07, 6.45) is 4.12. The van der Waals surface area contributed by atoms with Crippen LogP contribution in [0, 0.1) is 0 Å². The Balaban J connectivity index is 1.91. The molecule has 0 unspecified atom stereocenters. The van der Waals surface area contributed by atoms with Gasteiger partial charge in [0, 0.05) is 16.3 Å². The van der Waals surface area contributed by atoms with Crippen LogP contribution >= 0.6 is 0 Å². The van der Waals surface area contributed by atoms with Crippen LogP contribution in [-0.2, 0) is 0 Å². The van der Waals surface area contributed by atoms with Crippen LogP contribution in [0.5, 0.6) is 5.75 Å². The first-order valence-corrected chi connectivity index (χ1v) is 7.95. The van der Waals surface area contributed by atoms with Gasteiger partial charge in [0.15, 0.2) is 0 Å². The van der Waals surface area contributed by atoms with Crippen molar-refractivity contribution in [1.29, 1.82) is 0 Å². The van der Waals surface area contributed by atoms with E-state index in [-0.39, 0.29) is 0 Å². The average Bonchev–Trinajstić information content (AvgIpc) is 2.66. The van der Waals surface area contributed by atoms with Crippen LogP contribution in [0.3, 0.4) is 0 Å². The van der Waals surface area contributed by atoms with Crippen molar-refractivity contribution in [3.8, 4) is 5.75 Å². The predicted octanol–water partition coefficient (Wildman–Crippen LogP) is 5.57. The molecule has 4 rings (SSSR count). The first-order valence-electron chi connectivity index (χ1n) is 7.95. The molecule has 0 aliphatic heterocycles. The van der Waals surface area contributed by atoms with E-state index in [2.05, 4.69) is 54.6 Å². The molecule has 0 saturated carbocycles. The van der Waals surface area contributed by atoms with E-state index in [4.69, 9.17) is 9.72 Å². The summed E-state index contributed by atoms with van der Waals surface area (Å²) in [6, 6.07) is 24.6. The van der Waals surface area contributed by atoms with E-state index in [0.717, 1.165) is 27.9 Å². The standard InChI is InChI=1S/C22H17NO/c1-24-22-13-7-2-8-16(22)14-15-21-19-10-4-3-9-17(19)18-11-5-6-12-20(18)23-21/h2-15H,1H3. The highest BCUT2D eigenvalue weighted by molar-refractivity contribution is 6.08. The molecule has 3 aromatic carbocycles. The van der Waals surface area contributed by atoms with Crippen LogP contribution in [0.25, 0.3) is 33.8 Å². The van der Waals surface area contributed by atoms with E-state index in [9.17, 15) is 0 Å². The van der Waals surface area contributed by atoms with Crippen LogP contribution in [0.2, 0.25) is 0 Å². The maximum atomic E-state index is 5.42. The van der Waals surface area contributed by atoms with Crippen LogP contribution in [-0.4, -0.2) is 12.1 Å². The molecule has 24 heavy (non-hydrogen) atoms. The molecule has 0 N–H and O–H groups in total. The fourth-order valence-electron chi connectivity index (χ4n) is 3.03. The van der Waals surface area contributed by atoms with Crippen molar-refractivity contribution < 1.29 is 4.74 Å². The number of pyridine rings is 1. The van der Waals surface area contributed by atoms with Gasteiger partial charge in [-0.3, -0.25) is 0 Å². The van der Waals surface area contributed by atoms with Crippen molar-refractivity contribution in [3.05, 3.63) is 84.1 Å². The van der Waals surface area contributed by atoms with E-state index in [1.807, 2.05) is 30.3 Å². The summed E-state index contributed by atoms with van der Waals surface area (Å²) < 4.78 is 5.42. The Morgan fingerprint density at radius 1 is 0.708 bits per heavy atom. The van der Waals surface area contributed by atoms with E-state index in [1.54, 1.807) is 7.11 Å². The molecule has 0 radical (unpaired) electrons. The SMILES string of the molecule is COc1ccccc1C=Cc1nc2ccccc2c2ccccc12. The number of fused-ring (bicyclic) bond motifs is 3. The average molecular weight is 311 g/mol. The zero-order chi connectivity index (χ0) is 16.4. The van der Waals surface area contributed by atoms with Crippen molar-refractivity contribution >= 4 is 33.8 Å². The van der Waals surface area contributed by atoms with Crippen LogP contribution < -0.4 is 4.74 Å². The molecule has 116 valence electrons. The molecule has 0 atom stereocenters. The number of aromatic nitrogens is 1. The first-order chi connectivity index (χ1) is 11.9. The van der Waals surface area contributed by atoms with Crippen molar-refractivity contribution in [2.75, 3.05) is 7.11 Å². The summed E-state index contributed by atoms with van der Waals surface area (Å²) in [6.45, 7) is 0. The third-order valence-corrected chi connectivity index (χ3v) is 4.20. The molecular weight excluding hydrogens is 294 g/mol. The lowest BCUT2D eigenvalue weighted by Crippen LogP contribution is -1.89. The second kappa shape index (κ2) is 6.17. The maximum absolute atomic E-state index is 5.42. The zero-order valence-corrected chi connectivity index (χ0v) is 13.4. The lowest BCUT2D eigenvalue weighted by molar-refractivity contribution is 0.414. The summed E-state index contributed by atoms with van der Waals surface area (Å²) in [5, 5.41) is 3.56. The van der Waals surface area contributed by atoms with E-state index in [0.29, 0.717) is 0 Å². The maximum Gasteiger partial charge on any atom is 0.126 e. The van der Waals surface area contributed by atoms with Gasteiger partial charge in [0.25, 0.3) is 0 Å². The normalized spacial score (nSPS) is 11.4. The fourth-order valence-corrected chi connectivity index (χ4v) is 3.03. The summed E-state index contributed by atoms with van der Waals surface area (Å²) >= 11 is 0. The Morgan fingerprint density at radius 3 is 2.21 bits per heavy atom. The van der Waals surface area contributed by atoms with Crippen molar-refractivity contribution in [1.82, 2.24) is 4.98 Å². The third-order valence-electron chi connectivity index (χ3n) is 4.20. The number of benzene rings is 3. The lowest BCUT2D eigenvalue weighted by Gasteiger charge is -2.07. The summed E-state index contributed by atoms with van der Waals surface area (Å²) in [7, 11) is 1.69. The molecule has 1 heterocycles. The highest BCUT2D eigenvalue weighted by atomic mass is 16.5. The minimum absolute atomic E-state index is 0.860. The van der Waals surface area contributed by atoms with Gasteiger partial charge in [-0.1, -0.05) is 60.7 Å². The fraction of sp³-hybridized carbons (Fsp3) is 0.0455. The molecule has 0 bridgehead atoms. The molecule has 0 fully saturated rings. The molecule has 0 spiro atoms. The van der Waals surface area contributed by atoms with Gasteiger partial charge in [0.05, 0.1) is 18.3 Å². The van der Waals surface area contributed by atoms with Gasteiger partial charge >= 0.3 is 0 Å². The molecule has 1 aromatic heterocycles. The van der Waals surface area contributed by atoms with Gasteiger partial charge < -0.3 is 4.74 Å². The number of para-hydroxylation sites is 2. The largest absolute Gasteiger partial charge is 0.496 e. The van der Waals surface area contributed by atoms with E-state index < -0.39 is 0 Å². The van der Waals surface area contributed by atoms with Crippen LogP contribution in [0.1, 0.15) is 11.3 Å². The second-order valence-electron chi connectivity index (χ2n) is 5.64. The predicted molar refractivity (Wildman–Crippen MR) is 101 cm³/mol. The van der Waals surface area contributed by atoms with Gasteiger partial charge in [-0.05, 0) is 29.7 Å². The van der Waals surface area contributed by atoms with E-state index in [1.165, 1.54) is 10.8 Å². The van der Waals surface area contributed by atoms with Crippen molar-refractivity contribution in [2.24, 2.45) is 0 Å². The molecule has 2 nitrogen and oxygen atoms in total. The minimum Gasteiger partial charge on any atom is -0.496 e. The van der Waals surface area contributed by atoms with Gasteiger partial charge in [0.2, 0.25) is 0 Å². The Hall–Kier alpha value is -3.13. The first kappa shape index (κ1) is 14.5. The van der Waals surface area contributed by atoms with Gasteiger partial charge in [-0.25, -0.2) is 4.98 Å². The molecule has 0 aliphatic rings. The summed E-state index contributed by atoms with van der Waals surface area (Å²) in [5.41, 5.74) is 3.02. The number of rotatable bonds is 3. The van der Waals surface area contributed by atoms with E-state index >= 15 is 0 Å². The Kier molecular flexibility index (Phi) is 3.72.